The van der Waals surface area contributed by atoms with Crippen LogP contribution in [0, 0.1) is 6.92 Å². The molecule has 2 aromatic heterocycles. The second-order valence-electron chi connectivity index (χ2n) is 5.23. The molecule has 2 heterocycles. The molecule has 3 aromatic rings. The van der Waals surface area contributed by atoms with E-state index in [1.165, 1.54) is 23.5 Å². The number of amides is 1. The zero-order chi connectivity index (χ0) is 18.9. The summed E-state index contributed by atoms with van der Waals surface area (Å²) in [6, 6.07) is 8.26. The van der Waals surface area contributed by atoms with Crippen molar-refractivity contribution in [3.63, 3.8) is 0 Å². The second kappa shape index (κ2) is 7.22. The first-order chi connectivity index (χ1) is 12.3. The van der Waals surface area contributed by atoms with Gasteiger partial charge in [0.2, 0.25) is 9.84 Å². The minimum absolute atomic E-state index is 0.141. The van der Waals surface area contributed by atoms with Gasteiger partial charge >= 0.3 is 5.76 Å². The number of carbonyl (C=O) groups excluding carboxylic acids is 1. The number of benzene rings is 1. The maximum absolute atomic E-state index is 12.5. The normalized spacial score (nSPS) is 11.7. The molecule has 0 spiro atoms. The molecule has 0 saturated heterocycles. The summed E-state index contributed by atoms with van der Waals surface area (Å²) in [5.74, 6) is -4.01. The van der Waals surface area contributed by atoms with E-state index in [9.17, 15) is 22.0 Å². The van der Waals surface area contributed by atoms with E-state index in [1.807, 2.05) is 24.4 Å². The highest BCUT2D eigenvalue weighted by Crippen LogP contribution is 2.30. The van der Waals surface area contributed by atoms with E-state index in [1.54, 1.807) is 11.3 Å². The van der Waals surface area contributed by atoms with Crippen LogP contribution in [0.1, 0.15) is 15.2 Å². The summed E-state index contributed by atoms with van der Waals surface area (Å²) in [7, 11) is -4.68. The number of hydrogen-bond donors (Lipinski definition) is 1. The lowest BCUT2D eigenvalue weighted by atomic mass is 10.2. The van der Waals surface area contributed by atoms with Crippen LogP contribution in [-0.2, 0) is 9.84 Å². The molecule has 0 radical (unpaired) electrons. The van der Waals surface area contributed by atoms with Gasteiger partial charge in [-0.25, -0.2) is 13.4 Å². The van der Waals surface area contributed by atoms with E-state index in [4.69, 9.17) is 0 Å². The van der Waals surface area contributed by atoms with E-state index < -0.39 is 26.4 Å². The van der Waals surface area contributed by atoms with Gasteiger partial charge in [0, 0.05) is 15.8 Å². The summed E-state index contributed by atoms with van der Waals surface area (Å²) < 4.78 is 47.8. The smallest absolute Gasteiger partial charge is 0.298 e. The maximum Gasteiger partial charge on any atom is 0.341 e. The van der Waals surface area contributed by atoms with Crippen LogP contribution in [0.15, 0.2) is 46.7 Å². The quantitative estimate of drug-likeness (QED) is 0.670. The molecule has 1 amide bonds. The molecule has 10 heteroatoms. The van der Waals surface area contributed by atoms with Gasteiger partial charge in [0.05, 0.1) is 15.5 Å². The third-order valence-corrected chi connectivity index (χ3v) is 6.58. The fraction of sp³-hybridized carbons (Fsp3) is 0.125. The lowest BCUT2D eigenvalue weighted by Gasteiger charge is -2.05. The molecule has 0 unspecified atom stereocenters. The largest absolute Gasteiger partial charge is 0.341 e. The first kappa shape index (κ1) is 18.6. The third-order valence-electron chi connectivity index (χ3n) is 3.40. The number of thiophene rings is 1. The average molecular weight is 414 g/mol. The molecule has 1 aromatic carbocycles. The molecule has 0 aliphatic heterocycles. The summed E-state index contributed by atoms with van der Waals surface area (Å²) in [5, 5.41) is 4.82. The monoisotopic (exact) mass is 414 g/mol. The summed E-state index contributed by atoms with van der Waals surface area (Å²) in [4.78, 5) is 18.2. The Bertz CT molecular complexity index is 1040. The Morgan fingerprint density at radius 2 is 1.85 bits per heavy atom. The lowest BCUT2D eigenvalue weighted by molar-refractivity contribution is 0.102. The number of sulfone groups is 1. The molecule has 1 N–H and O–H groups in total. The van der Waals surface area contributed by atoms with E-state index in [-0.39, 0.29) is 5.56 Å². The minimum atomic E-state index is -4.68. The number of anilines is 1. The standard InChI is InChI=1S/C16H12F2N2O3S3/c1-9-2-7-13(25-9)12-8-24-16(19-12)20-14(21)10-3-5-11(6-4-10)26(22,23)15(17)18/h2-8,15H,1H3,(H,19,20,21). The number of aryl methyl sites for hydroxylation is 1. The molecule has 0 fully saturated rings. The van der Waals surface area contributed by atoms with Gasteiger partial charge in [-0.05, 0) is 43.3 Å². The zero-order valence-electron chi connectivity index (χ0n) is 13.3. The summed E-state index contributed by atoms with van der Waals surface area (Å²) in [5.41, 5.74) is 0.892. The van der Waals surface area contributed by atoms with Crippen molar-refractivity contribution >= 4 is 43.5 Å². The van der Waals surface area contributed by atoms with Gasteiger partial charge in [-0.2, -0.15) is 8.78 Å². The second-order valence-corrected chi connectivity index (χ2v) is 9.30. The highest BCUT2D eigenvalue weighted by Gasteiger charge is 2.26. The number of nitrogens with zero attached hydrogens (tertiary/aromatic N) is 1. The number of carbonyl (C=O) groups is 1. The first-order valence-electron chi connectivity index (χ1n) is 7.23. The van der Waals surface area contributed by atoms with Crippen molar-refractivity contribution in [2.45, 2.75) is 17.6 Å². The molecular formula is C16H12F2N2O3S3. The van der Waals surface area contributed by atoms with Crippen molar-refractivity contribution < 1.29 is 22.0 Å². The van der Waals surface area contributed by atoms with Crippen molar-refractivity contribution in [1.82, 2.24) is 4.98 Å². The van der Waals surface area contributed by atoms with Crippen LogP contribution in [0.4, 0.5) is 13.9 Å². The van der Waals surface area contributed by atoms with E-state index >= 15 is 0 Å². The van der Waals surface area contributed by atoms with Gasteiger partial charge in [0.25, 0.3) is 5.91 Å². The lowest BCUT2D eigenvalue weighted by Crippen LogP contribution is -2.14. The minimum Gasteiger partial charge on any atom is -0.298 e. The third kappa shape index (κ3) is 3.81. The SMILES string of the molecule is Cc1ccc(-c2csc(NC(=O)c3ccc(S(=O)(=O)C(F)F)cc3)n2)s1. The molecular weight excluding hydrogens is 402 g/mol. The molecule has 3 rings (SSSR count). The molecule has 26 heavy (non-hydrogen) atoms. The first-order valence-corrected chi connectivity index (χ1v) is 10.5. The molecule has 5 nitrogen and oxygen atoms in total. The van der Waals surface area contributed by atoms with Gasteiger partial charge in [-0.15, -0.1) is 22.7 Å². The van der Waals surface area contributed by atoms with Crippen molar-refractivity contribution in [2.24, 2.45) is 0 Å². The highest BCUT2D eigenvalue weighted by molar-refractivity contribution is 7.91. The maximum atomic E-state index is 12.5. The Balaban J connectivity index is 1.74. The number of alkyl halides is 2. The highest BCUT2D eigenvalue weighted by atomic mass is 32.2. The van der Waals surface area contributed by atoms with Crippen LogP contribution >= 0.6 is 22.7 Å². The predicted molar refractivity (Wildman–Crippen MR) is 97.7 cm³/mol. The Morgan fingerprint density at radius 1 is 1.15 bits per heavy atom. The van der Waals surface area contributed by atoms with Crippen molar-refractivity contribution in [3.05, 3.63) is 52.2 Å². The molecule has 0 aliphatic rings. The number of hydrogen-bond acceptors (Lipinski definition) is 6. The molecule has 136 valence electrons. The van der Waals surface area contributed by atoms with Crippen LogP contribution in [0.25, 0.3) is 10.6 Å². The van der Waals surface area contributed by atoms with Crippen LogP contribution in [0.2, 0.25) is 0 Å². The molecule has 0 atom stereocenters. The van der Waals surface area contributed by atoms with E-state index in [0.29, 0.717) is 5.13 Å². The zero-order valence-corrected chi connectivity index (χ0v) is 15.7. The van der Waals surface area contributed by atoms with Gasteiger partial charge in [0.15, 0.2) is 5.13 Å². The summed E-state index contributed by atoms with van der Waals surface area (Å²) in [6.45, 7) is 1.99. The topological polar surface area (TPSA) is 76.1 Å². The number of nitrogens with one attached hydrogen (secondary N) is 1. The number of thiazole rings is 1. The van der Waals surface area contributed by atoms with Crippen LogP contribution in [-0.4, -0.2) is 25.1 Å². The van der Waals surface area contributed by atoms with Gasteiger partial charge < -0.3 is 0 Å². The molecule has 0 bridgehead atoms. The Labute approximate surface area is 156 Å². The Morgan fingerprint density at radius 3 is 2.42 bits per heavy atom. The van der Waals surface area contributed by atoms with Crippen LogP contribution in [0.5, 0.6) is 0 Å². The van der Waals surface area contributed by atoms with Crippen LogP contribution in [0.3, 0.4) is 0 Å². The van der Waals surface area contributed by atoms with Crippen molar-refractivity contribution in [3.8, 4) is 10.6 Å². The summed E-state index contributed by atoms with van der Waals surface area (Å²) in [6.07, 6.45) is 0. The fourth-order valence-electron chi connectivity index (χ4n) is 2.08. The van der Waals surface area contributed by atoms with E-state index in [2.05, 4.69) is 10.3 Å². The van der Waals surface area contributed by atoms with Crippen molar-refractivity contribution in [1.29, 1.82) is 0 Å². The molecule has 0 aliphatic carbocycles. The summed E-state index contributed by atoms with van der Waals surface area (Å²) >= 11 is 2.85. The number of aromatic nitrogens is 1. The van der Waals surface area contributed by atoms with Crippen molar-refractivity contribution in [2.75, 3.05) is 5.32 Å². The van der Waals surface area contributed by atoms with E-state index in [0.717, 1.165) is 27.6 Å². The van der Waals surface area contributed by atoms with Gasteiger partial charge in [-0.1, -0.05) is 0 Å². The average Bonchev–Trinajstić information content (AvgIpc) is 3.23. The Kier molecular flexibility index (Phi) is 5.17. The number of halogens is 2. The number of rotatable bonds is 5. The molecule has 0 saturated carbocycles. The van der Waals surface area contributed by atoms with Gasteiger partial charge in [-0.3, -0.25) is 10.1 Å². The fourth-order valence-corrected chi connectivity index (χ4v) is 4.41. The predicted octanol–water partition coefficient (Wildman–Crippen LogP) is 4.43. The van der Waals surface area contributed by atoms with Crippen LogP contribution < -0.4 is 5.32 Å². The van der Waals surface area contributed by atoms with Gasteiger partial charge in [0.1, 0.15) is 0 Å². The Hall–Kier alpha value is -2.17.